The second kappa shape index (κ2) is 5.83. The molecule has 0 spiro atoms. The Hall–Kier alpha value is -1.60. The second-order valence-electron chi connectivity index (χ2n) is 3.33. The van der Waals surface area contributed by atoms with E-state index in [1.54, 1.807) is 13.8 Å². The number of carbonyl (C=O) groups excluding carboxylic acids is 1. The third-order valence-corrected chi connectivity index (χ3v) is 3.46. The molecule has 2 N–H and O–H groups in total. The van der Waals surface area contributed by atoms with Gasteiger partial charge in [0, 0.05) is 5.69 Å². The Bertz CT molecular complexity index is 538. The maximum Gasteiger partial charge on any atom is 0.340 e. The first kappa shape index (κ1) is 14.5. The summed E-state index contributed by atoms with van der Waals surface area (Å²) in [5.74, 6) is -0.663. The van der Waals surface area contributed by atoms with Crippen LogP contribution >= 0.6 is 0 Å². The molecule has 0 atom stereocenters. The topological polar surface area (TPSA) is 95.7 Å². The number of hydrogen-bond donors (Lipinski definition) is 1. The van der Waals surface area contributed by atoms with Crippen molar-refractivity contribution in [1.29, 1.82) is 0 Å². The SMILES string of the molecule is CCOC(=O)c1cc(S(=O)(=O)OCC)ccc1N. The minimum absolute atomic E-state index is 0.0117. The van der Waals surface area contributed by atoms with Crippen molar-refractivity contribution in [1.82, 2.24) is 0 Å². The van der Waals surface area contributed by atoms with Crippen molar-refractivity contribution in [2.24, 2.45) is 0 Å². The first-order valence-electron chi connectivity index (χ1n) is 5.38. The van der Waals surface area contributed by atoms with Gasteiger partial charge in [0.05, 0.1) is 23.7 Å². The van der Waals surface area contributed by atoms with Gasteiger partial charge in [-0.3, -0.25) is 4.18 Å². The minimum atomic E-state index is -3.86. The van der Waals surface area contributed by atoms with Crippen LogP contribution in [0.4, 0.5) is 5.69 Å². The fourth-order valence-electron chi connectivity index (χ4n) is 1.30. The Morgan fingerprint density at radius 3 is 2.50 bits per heavy atom. The number of rotatable bonds is 5. The van der Waals surface area contributed by atoms with Crippen LogP contribution in [0.3, 0.4) is 0 Å². The van der Waals surface area contributed by atoms with Gasteiger partial charge < -0.3 is 10.5 Å². The number of hydrogen-bond acceptors (Lipinski definition) is 6. The molecule has 1 rings (SSSR count). The number of nitrogen functional groups attached to an aromatic ring is 1. The molecule has 0 amide bonds. The van der Waals surface area contributed by atoms with Crippen LogP contribution in [-0.4, -0.2) is 27.6 Å². The number of ether oxygens (including phenoxy) is 1. The van der Waals surface area contributed by atoms with Gasteiger partial charge in [-0.15, -0.1) is 0 Å². The number of esters is 1. The van der Waals surface area contributed by atoms with Crippen LogP contribution in [0.25, 0.3) is 0 Å². The molecule has 7 heteroatoms. The van der Waals surface area contributed by atoms with Crippen molar-refractivity contribution in [3.63, 3.8) is 0 Å². The smallest absolute Gasteiger partial charge is 0.340 e. The van der Waals surface area contributed by atoms with Crippen LogP contribution in [0, 0.1) is 0 Å². The molecular weight excluding hydrogens is 258 g/mol. The quantitative estimate of drug-likeness (QED) is 0.491. The normalized spacial score (nSPS) is 11.2. The lowest BCUT2D eigenvalue weighted by molar-refractivity contribution is 0.0527. The average Bonchev–Trinajstić information content (AvgIpc) is 2.29. The van der Waals surface area contributed by atoms with Crippen LogP contribution in [-0.2, 0) is 19.0 Å². The summed E-state index contributed by atoms with van der Waals surface area (Å²) in [6.07, 6.45) is 0. The summed E-state index contributed by atoms with van der Waals surface area (Å²) in [4.78, 5) is 11.4. The van der Waals surface area contributed by atoms with Gasteiger partial charge in [-0.2, -0.15) is 8.42 Å². The van der Waals surface area contributed by atoms with Crippen molar-refractivity contribution >= 4 is 21.8 Å². The molecule has 1 aromatic carbocycles. The zero-order valence-electron chi connectivity index (χ0n) is 10.2. The van der Waals surface area contributed by atoms with E-state index in [4.69, 9.17) is 10.5 Å². The molecule has 0 radical (unpaired) electrons. The van der Waals surface area contributed by atoms with Crippen molar-refractivity contribution < 1.29 is 22.1 Å². The molecule has 6 nitrogen and oxygen atoms in total. The van der Waals surface area contributed by atoms with E-state index in [0.717, 1.165) is 6.07 Å². The van der Waals surface area contributed by atoms with Crippen molar-refractivity contribution in [3.05, 3.63) is 23.8 Å². The van der Waals surface area contributed by atoms with Gasteiger partial charge in [-0.05, 0) is 32.0 Å². The van der Waals surface area contributed by atoms with Gasteiger partial charge in [0.25, 0.3) is 10.1 Å². The summed E-state index contributed by atoms with van der Waals surface area (Å²) in [6, 6.07) is 3.76. The Kier molecular flexibility index (Phi) is 4.69. The predicted octanol–water partition coefficient (Wildman–Crippen LogP) is 1.17. The maximum atomic E-state index is 11.7. The highest BCUT2D eigenvalue weighted by molar-refractivity contribution is 7.86. The second-order valence-corrected chi connectivity index (χ2v) is 4.95. The van der Waals surface area contributed by atoms with Gasteiger partial charge >= 0.3 is 5.97 Å². The van der Waals surface area contributed by atoms with E-state index < -0.39 is 16.1 Å². The first-order chi connectivity index (χ1) is 8.42. The molecule has 18 heavy (non-hydrogen) atoms. The molecule has 0 aliphatic rings. The zero-order chi connectivity index (χ0) is 13.8. The molecule has 0 aliphatic carbocycles. The van der Waals surface area contributed by atoms with E-state index in [0.29, 0.717) is 0 Å². The van der Waals surface area contributed by atoms with Crippen LogP contribution in [0.1, 0.15) is 24.2 Å². The highest BCUT2D eigenvalue weighted by Gasteiger charge is 2.19. The maximum absolute atomic E-state index is 11.7. The van der Waals surface area contributed by atoms with Crippen molar-refractivity contribution in [3.8, 4) is 0 Å². The zero-order valence-corrected chi connectivity index (χ0v) is 11.0. The third-order valence-electron chi connectivity index (χ3n) is 2.08. The fraction of sp³-hybridized carbons (Fsp3) is 0.364. The van der Waals surface area contributed by atoms with E-state index >= 15 is 0 Å². The molecule has 0 bridgehead atoms. The van der Waals surface area contributed by atoms with Crippen LogP contribution in [0.2, 0.25) is 0 Å². The summed E-state index contributed by atoms with van der Waals surface area (Å²) in [7, 11) is -3.86. The van der Waals surface area contributed by atoms with Crippen molar-refractivity contribution in [2.45, 2.75) is 18.7 Å². The van der Waals surface area contributed by atoms with Gasteiger partial charge in [0.1, 0.15) is 0 Å². The average molecular weight is 273 g/mol. The standard InChI is InChI=1S/C11H15NO5S/c1-3-16-11(13)9-7-8(5-6-10(9)12)18(14,15)17-4-2/h5-7H,3-4,12H2,1-2H3. The lowest BCUT2D eigenvalue weighted by Gasteiger charge is -2.08. The summed E-state index contributed by atoms with van der Waals surface area (Å²) < 4.78 is 32.7. The van der Waals surface area contributed by atoms with E-state index in [1.165, 1.54) is 12.1 Å². The Labute approximate surface area is 106 Å². The molecule has 0 unspecified atom stereocenters. The van der Waals surface area contributed by atoms with Crippen LogP contribution in [0.15, 0.2) is 23.1 Å². The minimum Gasteiger partial charge on any atom is -0.462 e. The molecule has 100 valence electrons. The summed E-state index contributed by atoms with van der Waals surface area (Å²) in [5, 5.41) is 0. The summed E-state index contributed by atoms with van der Waals surface area (Å²) in [5.41, 5.74) is 5.77. The van der Waals surface area contributed by atoms with Gasteiger partial charge in [-0.25, -0.2) is 4.79 Å². The third kappa shape index (κ3) is 3.21. The number of benzene rings is 1. The first-order valence-corrected chi connectivity index (χ1v) is 6.79. The van der Waals surface area contributed by atoms with Crippen LogP contribution < -0.4 is 5.73 Å². The fourth-order valence-corrected chi connectivity index (χ4v) is 2.24. The van der Waals surface area contributed by atoms with Gasteiger partial charge in [0.2, 0.25) is 0 Å². The molecule has 0 saturated carbocycles. The highest BCUT2D eigenvalue weighted by Crippen LogP contribution is 2.20. The largest absolute Gasteiger partial charge is 0.462 e. The molecular formula is C11H15NO5S. The van der Waals surface area contributed by atoms with E-state index in [1.807, 2.05) is 0 Å². The van der Waals surface area contributed by atoms with E-state index in [9.17, 15) is 13.2 Å². The Morgan fingerprint density at radius 1 is 1.28 bits per heavy atom. The molecule has 0 saturated heterocycles. The number of nitrogens with two attached hydrogens (primary N) is 1. The number of anilines is 1. The summed E-state index contributed by atoms with van der Waals surface area (Å²) in [6.45, 7) is 3.40. The van der Waals surface area contributed by atoms with Crippen LogP contribution in [0.5, 0.6) is 0 Å². The highest BCUT2D eigenvalue weighted by atomic mass is 32.2. The Morgan fingerprint density at radius 2 is 1.94 bits per heavy atom. The van der Waals surface area contributed by atoms with Gasteiger partial charge in [0.15, 0.2) is 0 Å². The van der Waals surface area contributed by atoms with Crippen molar-refractivity contribution in [2.75, 3.05) is 18.9 Å². The lowest BCUT2D eigenvalue weighted by atomic mass is 10.2. The summed E-state index contributed by atoms with van der Waals surface area (Å²) >= 11 is 0. The predicted molar refractivity (Wildman–Crippen MR) is 65.6 cm³/mol. The monoisotopic (exact) mass is 273 g/mol. The molecule has 1 aromatic rings. The molecule has 0 aromatic heterocycles. The van der Waals surface area contributed by atoms with E-state index in [-0.39, 0.29) is 29.4 Å². The number of carbonyl (C=O) groups is 1. The molecule has 0 heterocycles. The van der Waals surface area contributed by atoms with E-state index in [2.05, 4.69) is 4.18 Å². The lowest BCUT2D eigenvalue weighted by Crippen LogP contribution is -2.11. The van der Waals surface area contributed by atoms with Gasteiger partial charge in [-0.1, -0.05) is 0 Å². The Balaban J connectivity index is 3.20. The molecule has 0 aliphatic heterocycles. The molecule has 0 fully saturated rings.